The summed E-state index contributed by atoms with van der Waals surface area (Å²) in [5.41, 5.74) is 0.441. The Hall–Kier alpha value is -2.68. The van der Waals surface area contributed by atoms with Gasteiger partial charge in [0.25, 0.3) is 5.56 Å². The van der Waals surface area contributed by atoms with E-state index in [9.17, 15) is 18.0 Å². The van der Waals surface area contributed by atoms with Gasteiger partial charge in [-0.15, -0.1) is 0 Å². The second kappa shape index (κ2) is 7.86. The van der Waals surface area contributed by atoms with Crippen molar-refractivity contribution < 1.29 is 13.2 Å². The zero-order valence-electron chi connectivity index (χ0n) is 17.0. The van der Waals surface area contributed by atoms with Gasteiger partial charge in [-0.1, -0.05) is 0 Å². The summed E-state index contributed by atoms with van der Waals surface area (Å²) in [5, 5.41) is 3.91. The number of aromatic nitrogens is 4. The Balaban J connectivity index is 1.63. The van der Waals surface area contributed by atoms with Crippen LogP contribution in [0.15, 0.2) is 29.3 Å². The second-order valence-corrected chi connectivity index (χ2v) is 7.90. The van der Waals surface area contributed by atoms with Crippen LogP contribution in [0.25, 0.3) is 10.9 Å². The van der Waals surface area contributed by atoms with E-state index in [1.807, 2.05) is 24.0 Å². The highest BCUT2D eigenvalue weighted by atomic mass is 19.4. The molecule has 4 rings (SSSR count). The monoisotopic (exact) mass is 419 g/mol. The first-order valence-electron chi connectivity index (χ1n) is 10.1. The van der Waals surface area contributed by atoms with Gasteiger partial charge in [0.15, 0.2) is 0 Å². The van der Waals surface area contributed by atoms with Crippen molar-refractivity contribution in [3.8, 4) is 0 Å². The molecular weight excluding hydrogens is 395 g/mol. The quantitative estimate of drug-likeness (QED) is 0.698. The molecular formula is C21H24F3N5O. The van der Waals surface area contributed by atoms with Gasteiger partial charge in [-0.25, -0.2) is 0 Å². The molecule has 160 valence electrons. The van der Waals surface area contributed by atoms with Gasteiger partial charge in [0.2, 0.25) is 0 Å². The number of hydrogen-bond acceptors (Lipinski definition) is 4. The topological polar surface area (TPSA) is 66.8 Å². The van der Waals surface area contributed by atoms with Crippen LogP contribution >= 0.6 is 0 Å². The number of halogens is 3. The normalized spacial score (nSPS) is 18.2. The first-order chi connectivity index (χ1) is 14.2. The summed E-state index contributed by atoms with van der Waals surface area (Å²) in [6, 6.07) is 2.54. The SMILES string of the molecule is CCn1cc(CN2CCC[C@H](c3cc4nc(C)cc(C(F)(F)F)c4c(=O)[nH]3)C2)cn1. The van der Waals surface area contributed by atoms with E-state index >= 15 is 0 Å². The zero-order valence-corrected chi connectivity index (χ0v) is 17.0. The summed E-state index contributed by atoms with van der Waals surface area (Å²) in [7, 11) is 0. The molecule has 4 heterocycles. The van der Waals surface area contributed by atoms with Gasteiger partial charge < -0.3 is 4.98 Å². The summed E-state index contributed by atoms with van der Waals surface area (Å²) in [4.78, 5) is 21.8. The Labute approximate surface area is 171 Å². The van der Waals surface area contributed by atoms with Gasteiger partial charge in [-0.3, -0.25) is 19.4 Å². The molecule has 1 aliphatic heterocycles. The van der Waals surface area contributed by atoms with Gasteiger partial charge >= 0.3 is 6.18 Å². The summed E-state index contributed by atoms with van der Waals surface area (Å²) in [5.74, 6) is 0.0359. The van der Waals surface area contributed by atoms with E-state index in [0.29, 0.717) is 5.69 Å². The number of piperidine rings is 1. The smallest absolute Gasteiger partial charge is 0.325 e. The summed E-state index contributed by atoms with van der Waals surface area (Å²) < 4.78 is 42.2. The van der Waals surface area contributed by atoms with Crippen molar-refractivity contribution in [2.24, 2.45) is 0 Å². The van der Waals surface area contributed by atoms with Crippen LogP contribution in [0.2, 0.25) is 0 Å². The Kier molecular flexibility index (Phi) is 5.40. The fourth-order valence-electron chi connectivity index (χ4n) is 4.23. The molecule has 1 fully saturated rings. The number of alkyl halides is 3. The molecule has 0 amide bonds. The number of fused-ring (bicyclic) bond motifs is 1. The first-order valence-corrected chi connectivity index (χ1v) is 10.1. The van der Waals surface area contributed by atoms with E-state index in [2.05, 4.69) is 20.0 Å². The highest BCUT2D eigenvalue weighted by Crippen LogP contribution is 2.34. The maximum Gasteiger partial charge on any atom is 0.417 e. The summed E-state index contributed by atoms with van der Waals surface area (Å²) >= 11 is 0. The maximum atomic E-state index is 13.4. The number of hydrogen-bond donors (Lipinski definition) is 1. The molecule has 0 spiro atoms. The molecule has 0 saturated carbocycles. The molecule has 1 N–H and O–H groups in total. The first kappa shape index (κ1) is 20.6. The van der Waals surface area contributed by atoms with Crippen molar-refractivity contribution in [3.05, 3.63) is 57.4 Å². The predicted molar refractivity (Wildman–Crippen MR) is 107 cm³/mol. The van der Waals surface area contributed by atoms with E-state index < -0.39 is 22.7 Å². The van der Waals surface area contributed by atoms with Crippen LogP contribution in [0, 0.1) is 6.92 Å². The molecule has 9 heteroatoms. The fourth-order valence-corrected chi connectivity index (χ4v) is 4.23. The van der Waals surface area contributed by atoms with Crippen LogP contribution in [-0.4, -0.2) is 37.7 Å². The van der Waals surface area contributed by atoms with Crippen LogP contribution in [-0.2, 0) is 19.3 Å². The van der Waals surface area contributed by atoms with Crippen molar-refractivity contribution in [1.82, 2.24) is 24.6 Å². The van der Waals surface area contributed by atoms with E-state index in [1.165, 1.54) is 6.92 Å². The van der Waals surface area contributed by atoms with E-state index in [0.717, 1.165) is 50.7 Å². The predicted octanol–water partition coefficient (Wildman–Crippen LogP) is 3.85. The molecule has 0 aromatic carbocycles. The molecule has 1 aliphatic rings. The minimum atomic E-state index is -4.61. The van der Waals surface area contributed by atoms with Crippen molar-refractivity contribution in [3.63, 3.8) is 0 Å². The molecule has 3 aromatic rings. The lowest BCUT2D eigenvalue weighted by Crippen LogP contribution is -2.34. The van der Waals surface area contributed by atoms with E-state index in [4.69, 9.17) is 0 Å². The van der Waals surface area contributed by atoms with Crippen molar-refractivity contribution in [2.75, 3.05) is 13.1 Å². The van der Waals surface area contributed by atoms with Crippen LogP contribution in [0.1, 0.15) is 48.2 Å². The Morgan fingerprint density at radius 3 is 2.80 bits per heavy atom. The Bertz CT molecular complexity index is 1120. The average Bonchev–Trinajstić information content (AvgIpc) is 3.14. The lowest BCUT2D eigenvalue weighted by atomic mass is 9.93. The summed E-state index contributed by atoms with van der Waals surface area (Å²) in [6.07, 6.45) is 1.08. The number of aryl methyl sites for hydroxylation is 2. The maximum absolute atomic E-state index is 13.4. The number of aromatic amines is 1. The van der Waals surface area contributed by atoms with Crippen LogP contribution in [0.4, 0.5) is 13.2 Å². The summed E-state index contributed by atoms with van der Waals surface area (Å²) in [6.45, 7) is 6.76. The number of likely N-dealkylation sites (tertiary alicyclic amines) is 1. The highest BCUT2D eigenvalue weighted by molar-refractivity contribution is 5.82. The Morgan fingerprint density at radius 1 is 1.30 bits per heavy atom. The molecule has 3 aromatic heterocycles. The molecule has 0 unspecified atom stereocenters. The lowest BCUT2D eigenvalue weighted by molar-refractivity contribution is -0.136. The number of nitrogens with zero attached hydrogens (tertiary/aromatic N) is 4. The third-order valence-corrected chi connectivity index (χ3v) is 5.62. The molecule has 1 saturated heterocycles. The van der Waals surface area contributed by atoms with Crippen molar-refractivity contribution in [2.45, 2.75) is 51.9 Å². The molecule has 1 atom stereocenters. The third kappa shape index (κ3) is 4.12. The number of rotatable bonds is 4. The molecule has 0 radical (unpaired) electrons. The third-order valence-electron chi connectivity index (χ3n) is 5.62. The van der Waals surface area contributed by atoms with Crippen molar-refractivity contribution in [1.29, 1.82) is 0 Å². The standard InChI is InChI=1S/C21H24F3N5O/c1-3-29-11-14(9-25-29)10-28-6-4-5-15(12-28)17-8-18-19(20(30)27-17)16(21(22,23)24)7-13(2)26-18/h7-9,11,15H,3-6,10,12H2,1-2H3,(H,27,30)/t15-/m0/s1. The average molecular weight is 419 g/mol. The largest absolute Gasteiger partial charge is 0.417 e. The van der Waals surface area contributed by atoms with Gasteiger partial charge in [0, 0.05) is 48.7 Å². The van der Waals surface area contributed by atoms with Crippen molar-refractivity contribution >= 4 is 10.9 Å². The lowest BCUT2D eigenvalue weighted by Gasteiger charge is -2.32. The van der Waals surface area contributed by atoms with E-state index in [1.54, 1.807) is 6.07 Å². The van der Waals surface area contributed by atoms with Gasteiger partial charge in [-0.05, 0) is 45.4 Å². The van der Waals surface area contributed by atoms with Gasteiger partial charge in [0.05, 0.1) is 22.7 Å². The fraction of sp³-hybridized carbons (Fsp3) is 0.476. The van der Waals surface area contributed by atoms with Crippen LogP contribution in [0.3, 0.4) is 0 Å². The number of H-pyrrole nitrogens is 1. The Morgan fingerprint density at radius 2 is 2.10 bits per heavy atom. The minimum Gasteiger partial charge on any atom is -0.325 e. The van der Waals surface area contributed by atoms with Crippen LogP contribution in [0.5, 0.6) is 0 Å². The molecule has 0 aliphatic carbocycles. The molecule has 30 heavy (non-hydrogen) atoms. The van der Waals surface area contributed by atoms with Crippen LogP contribution < -0.4 is 5.56 Å². The van der Waals surface area contributed by atoms with E-state index in [-0.39, 0.29) is 17.1 Å². The highest BCUT2D eigenvalue weighted by Gasteiger charge is 2.35. The number of nitrogens with one attached hydrogen (secondary N) is 1. The zero-order chi connectivity index (χ0) is 21.5. The van der Waals surface area contributed by atoms with Gasteiger partial charge in [-0.2, -0.15) is 18.3 Å². The molecule has 0 bridgehead atoms. The number of pyridine rings is 2. The minimum absolute atomic E-state index is 0.0359. The van der Waals surface area contributed by atoms with Gasteiger partial charge in [0.1, 0.15) is 0 Å². The molecule has 6 nitrogen and oxygen atoms in total. The second-order valence-electron chi connectivity index (χ2n) is 7.90.